The number of fused-ring (bicyclic) bond motifs is 2. The van der Waals surface area contributed by atoms with Crippen LogP contribution in [-0.2, 0) is 9.84 Å². The van der Waals surface area contributed by atoms with E-state index in [2.05, 4.69) is 37.2 Å². The molecule has 0 aliphatic carbocycles. The Labute approximate surface area is 171 Å². The maximum Gasteiger partial charge on any atom is 0.178 e. The standard InChI is InChI=1S/C21H25NO2S3/c1-4-27(23,24)17-10-11-20-18(15-17)21(25-13-7-12-22(2)3)14-16-8-5-6-9-19(16)26-20/h5-6,8-11,14-15H,4,7,12-13H2,1-3H3. The molecule has 1 aliphatic heterocycles. The van der Waals surface area contributed by atoms with Gasteiger partial charge in [0.1, 0.15) is 0 Å². The first kappa shape index (κ1) is 20.5. The Balaban J connectivity index is 2.01. The third kappa shape index (κ3) is 4.99. The van der Waals surface area contributed by atoms with E-state index in [1.54, 1.807) is 24.8 Å². The third-order valence-electron chi connectivity index (χ3n) is 4.39. The molecule has 0 bridgehead atoms. The Morgan fingerprint density at radius 1 is 1.07 bits per heavy atom. The average Bonchev–Trinajstić information content (AvgIpc) is 2.81. The van der Waals surface area contributed by atoms with Gasteiger partial charge in [-0.05, 0) is 68.7 Å². The van der Waals surface area contributed by atoms with Crippen molar-refractivity contribution in [1.82, 2.24) is 4.90 Å². The highest BCUT2D eigenvalue weighted by Gasteiger charge is 2.20. The van der Waals surface area contributed by atoms with Crippen LogP contribution in [0.3, 0.4) is 0 Å². The average molecular weight is 420 g/mol. The monoisotopic (exact) mass is 419 g/mol. The number of hydrogen-bond donors (Lipinski definition) is 0. The predicted molar refractivity (Wildman–Crippen MR) is 118 cm³/mol. The molecule has 1 heterocycles. The summed E-state index contributed by atoms with van der Waals surface area (Å²) in [5, 5.41) is 0. The molecule has 0 amide bonds. The number of hydrogen-bond acceptors (Lipinski definition) is 5. The topological polar surface area (TPSA) is 37.4 Å². The molecular formula is C21H25NO2S3. The molecule has 2 aromatic rings. The summed E-state index contributed by atoms with van der Waals surface area (Å²) in [4.78, 5) is 6.06. The van der Waals surface area contributed by atoms with E-state index in [1.807, 2.05) is 36.0 Å². The Morgan fingerprint density at radius 3 is 2.59 bits per heavy atom. The highest BCUT2D eigenvalue weighted by molar-refractivity contribution is 8.08. The van der Waals surface area contributed by atoms with Crippen LogP contribution in [0.2, 0.25) is 0 Å². The van der Waals surface area contributed by atoms with Crippen LogP contribution in [0, 0.1) is 0 Å². The smallest absolute Gasteiger partial charge is 0.178 e. The SMILES string of the molecule is CCS(=O)(=O)c1ccc2c(c1)C(SCCCN(C)C)=Cc1ccccc1S2. The Morgan fingerprint density at radius 2 is 1.85 bits per heavy atom. The van der Waals surface area contributed by atoms with Crippen LogP contribution in [-0.4, -0.2) is 45.5 Å². The van der Waals surface area contributed by atoms with Crippen LogP contribution in [0.1, 0.15) is 24.5 Å². The summed E-state index contributed by atoms with van der Waals surface area (Å²) >= 11 is 3.52. The molecule has 0 N–H and O–H groups in total. The maximum absolute atomic E-state index is 12.4. The van der Waals surface area contributed by atoms with Gasteiger partial charge in [-0.25, -0.2) is 8.42 Å². The number of rotatable bonds is 7. The highest BCUT2D eigenvalue weighted by atomic mass is 32.2. The lowest BCUT2D eigenvalue weighted by Crippen LogP contribution is -2.13. The van der Waals surface area contributed by atoms with Crippen LogP contribution < -0.4 is 0 Å². The third-order valence-corrected chi connectivity index (χ3v) is 8.43. The molecule has 3 nitrogen and oxygen atoms in total. The van der Waals surface area contributed by atoms with E-state index in [1.165, 1.54) is 10.5 Å². The normalized spacial score (nSPS) is 13.7. The second-order valence-corrected chi connectivity index (χ2v) is 11.2. The molecular weight excluding hydrogens is 394 g/mol. The van der Waals surface area contributed by atoms with Crippen molar-refractivity contribution < 1.29 is 8.42 Å². The quantitative estimate of drug-likeness (QED) is 0.582. The number of thioether (sulfide) groups is 1. The molecule has 144 valence electrons. The molecule has 0 unspecified atom stereocenters. The van der Waals surface area contributed by atoms with Crippen LogP contribution in [0.4, 0.5) is 0 Å². The molecule has 27 heavy (non-hydrogen) atoms. The van der Waals surface area contributed by atoms with Gasteiger partial charge in [0, 0.05) is 20.3 Å². The summed E-state index contributed by atoms with van der Waals surface area (Å²) in [7, 11) is 0.943. The van der Waals surface area contributed by atoms with Gasteiger partial charge in [-0.15, -0.1) is 11.8 Å². The maximum atomic E-state index is 12.4. The first-order valence-electron chi connectivity index (χ1n) is 9.04. The molecule has 0 saturated carbocycles. The Hall–Kier alpha value is -1.21. The van der Waals surface area contributed by atoms with Gasteiger partial charge >= 0.3 is 0 Å². The van der Waals surface area contributed by atoms with Crippen molar-refractivity contribution in [3.63, 3.8) is 0 Å². The van der Waals surface area contributed by atoms with Crippen molar-refractivity contribution in [3.05, 3.63) is 53.6 Å². The molecule has 0 saturated heterocycles. The van der Waals surface area contributed by atoms with E-state index in [-0.39, 0.29) is 5.75 Å². The fourth-order valence-electron chi connectivity index (χ4n) is 2.86. The first-order valence-corrected chi connectivity index (χ1v) is 12.5. The Bertz CT molecular complexity index is 950. The zero-order valence-corrected chi connectivity index (χ0v) is 18.4. The number of sulfone groups is 1. The van der Waals surface area contributed by atoms with Crippen molar-refractivity contribution in [2.75, 3.05) is 32.1 Å². The largest absolute Gasteiger partial charge is 0.309 e. The van der Waals surface area contributed by atoms with Gasteiger partial charge in [0.15, 0.2) is 9.84 Å². The van der Waals surface area contributed by atoms with Crippen molar-refractivity contribution in [3.8, 4) is 0 Å². The molecule has 3 rings (SSSR count). The van der Waals surface area contributed by atoms with E-state index in [0.29, 0.717) is 4.90 Å². The molecule has 1 aliphatic rings. The number of nitrogens with zero attached hydrogens (tertiary/aromatic N) is 1. The molecule has 0 atom stereocenters. The summed E-state index contributed by atoms with van der Waals surface area (Å²) in [6.45, 7) is 2.74. The van der Waals surface area contributed by atoms with Gasteiger partial charge in [-0.1, -0.05) is 36.9 Å². The first-order chi connectivity index (χ1) is 12.9. The summed E-state index contributed by atoms with van der Waals surface area (Å²) in [6, 6.07) is 13.9. The second-order valence-electron chi connectivity index (χ2n) is 6.72. The van der Waals surface area contributed by atoms with Gasteiger partial charge in [0.25, 0.3) is 0 Å². The van der Waals surface area contributed by atoms with E-state index < -0.39 is 9.84 Å². The van der Waals surface area contributed by atoms with E-state index in [0.717, 1.165) is 34.1 Å². The number of benzene rings is 2. The van der Waals surface area contributed by atoms with Crippen LogP contribution >= 0.6 is 23.5 Å². The van der Waals surface area contributed by atoms with Gasteiger partial charge in [0.05, 0.1) is 10.6 Å². The molecule has 6 heteroatoms. The van der Waals surface area contributed by atoms with Crippen LogP contribution in [0.15, 0.2) is 57.2 Å². The van der Waals surface area contributed by atoms with E-state index in [4.69, 9.17) is 0 Å². The van der Waals surface area contributed by atoms with Crippen molar-refractivity contribution >= 4 is 44.3 Å². The minimum atomic E-state index is -3.22. The molecule has 0 spiro atoms. The van der Waals surface area contributed by atoms with Crippen molar-refractivity contribution in [2.45, 2.75) is 28.0 Å². The summed E-state index contributed by atoms with van der Waals surface area (Å²) in [6.07, 6.45) is 3.29. The minimum Gasteiger partial charge on any atom is -0.309 e. The minimum absolute atomic E-state index is 0.119. The lowest BCUT2D eigenvalue weighted by molar-refractivity contribution is 0.410. The lowest BCUT2D eigenvalue weighted by Gasteiger charge is -2.13. The lowest BCUT2D eigenvalue weighted by atomic mass is 10.1. The van der Waals surface area contributed by atoms with Gasteiger partial charge < -0.3 is 4.90 Å². The zero-order valence-electron chi connectivity index (χ0n) is 15.9. The Kier molecular flexibility index (Phi) is 6.74. The second kappa shape index (κ2) is 8.86. The van der Waals surface area contributed by atoms with E-state index >= 15 is 0 Å². The van der Waals surface area contributed by atoms with Crippen molar-refractivity contribution in [1.29, 1.82) is 0 Å². The summed E-state index contributed by atoms with van der Waals surface area (Å²) < 4.78 is 24.8. The fourth-order valence-corrected chi connectivity index (χ4v) is 5.91. The van der Waals surface area contributed by atoms with Crippen molar-refractivity contribution in [2.24, 2.45) is 0 Å². The van der Waals surface area contributed by atoms with Gasteiger partial charge in [-0.2, -0.15) is 0 Å². The van der Waals surface area contributed by atoms with Gasteiger partial charge in [-0.3, -0.25) is 0 Å². The molecule has 0 aromatic heterocycles. The van der Waals surface area contributed by atoms with Gasteiger partial charge in [0.2, 0.25) is 0 Å². The summed E-state index contributed by atoms with van der Waals surface area (Å²) in [5.41, 5.74) is 2.22. The molecule has 0 fully saturated rings. The summed E-state index contributed by atoms with van der Waals surface area (Å²) in [5.74, 6) is 1.12. The molecule has 0 radical (unpaired) electrons. The van der Waals surface area contributed by atoms with Crippen LogP contribution in [0.25, 0.3) is 11.0 Å². The fraction of sp³-hybridized carbons (Fsp3) is 0.333. The predicted octanol–water partition coefficient (Wildman–Crippen LogP) is 5.13. The highest BCUT2D eigenvalue weighted by Crippen LogP contribution is 2.45. The van der Waals surface area contributed by atoms with Crippen LogP contribution in [0.5, 0.6) is 0 Å². The zero-order chi connectivity index (χ0) is 19.4. The molecule has 2 aromatic carbocycles. The van der Waals surface area contributed by atoms with E-state index in [9.17, 15) is 8.42 Å².